The zero-order valence-electron chi connectivity index (χ0n) is 14.4. The van der Waals surface area contributed by atoms with Crippen molar-refractivity contribution in [3.63, 3.8) is 0 Å². The summed E-state index contributed by atoms with van der Waals surface area (Å²) in [4.78, 5) is 1.97. The average Bonchev–Trinajstić information content (AvgIpc) is 2.75. The molecule has 0 unspecified atom stereocenters. The Morgan fingerprint density at radius 3 is 2.38 bits per heavy atom. The summed E-state index contributed by atoms with van der Waals surface area (Å²) in [7, 11) is 0. The van der Waals surface area contributed by atoms with E-state index in [0.29, 0.717) is 12.1 Å². The number of β-amino-alcohol motifs (C(OH)–C–C–N with tert-alkyl or cyclic N) is 1. The van der Waals surface area contributed by atoms with E-state index in [1.54, 1.807) is 19.1 Å². The zero-order chi connectivity index (χ0) is 17.4. The number of alkyl halides is 3. The van der Waals surface area contributed by atoms with Crippen LogP contribution in [0.2, 0.25) is 0 Å². The van der Waals surface area contributed by atoms with Gasteiger partial charge in [0.05, 0.1) is 6.10 Å². The van der Waals surface area contributed by atoms with Crippen LogP contribution in [0.25, 0.3) is 0 Å². The lowest BCUT2D eigenvalue weighted by molar-refractivity contribution is -0.0506. The van der Waals surface area contributed by atoms with Gasteiger partial charge in [-0.3, -0.25) is 4.90 Å². The van der Waals surface area contributed by atoms with Crippen LogP contribution in [-0.2, 0) is 0 Å². The monoisotopic (exact) mass is 416 g/mol. The van der Waals surface area contributed by atoms with Crippen molar-refractivity contribution >= 4 is 24.8 Å². The summed E-state index contributed by atoms with van der Waals surface area (Å²) in [6.45, 7) is -0.540. The lowest BCUT2D eigenvalue weighted by Crippen LogP contribution is -2.43. The van der Waals surface area contributed by atoms with E-state index in [1.807, 2.05) is 11.0 Å². The van der Waals surface area contributed by atoms with Gasteiger partial charge in [-0.05, 0) is 37.3 Å². The Balaban J connectivity index is 0.00000169. The molecule has 2 fully saturated rings. The van der Waals surface area contributed by atoms with Crippen LogP contribution in [0.3, 0.4) is 0 Å². The standard InChI is InChI=1S/C17H23F3N2O2.2ClH/c1-9(21)13-3-2-10(6-16(13)24-17(19)20)11-4-12(5-11)22-7-14(18)15(23)8-22;;/h2-3,6,9,11-12,14-15,17,23H,4-5,7-8,21H2,1H3;2*1H/t9-,11?,12?,14-,15+;;/m0../s1. The summed E-state index contributed by atoms with van der Waals surface area (Å²) in [5.41, 5.74) is 7.29. The van der Waals surface area contributed by atoms with Crippen LogP contribution in [-0.4, -0.2) is 48.0 Å². The van der Waals surface area contributed by atoms with Crippen molar-refractivity contribution in [1.82, 2.24) is 4.90 Å². The van der Waals surface area contributed by atoms with Gasteiger partial charge < -0.3 is 15.6 Å². The molecule has 0 bridgehead atoms. The molecule has 1 saturated carbocycles. The molecule has 150 valence electrons. The highest BCUT2D eigenvalue weighted by molar-refractivity contribution is 5.85. The Morgan fingerprint density at radius 2 is 1.88 bits per heavy atom. The fourth-order valence-electron chi connectivity index (χ4n) is 3.61. The number of aliphatic hydroxyl groups excluding tert-OH is 1. The molecular formula is C17H25Cl2F3N2O2. The quantitative estimate of drug-likeness (QED) is 0.771. The van der Waals surface area contributed by atoms with Crippen LogP contribution in [0.5, 0.6) is 5.75 Å². The van der Waals surface area contributed by atoms with Gasteiger partial charge in [-0.25, -0.2) is 4.39 Å². The number of hydrogen-bond donors (Lipinski definition) is 2. The van der Waals surface area contributed by atoms with E-state index in [2.05, 4.69) is 4.74 Å². The van der Waals surface area contributed by atoms with E-state index in [-0.39, 0.29) is 49.1 Å². The molecule has 1 aromatic rings. The van der Waals surface area contributed by atoms with Gasteiger partial charge in [0.1, 0.15) is 11.9 Å². The van der Waals surface area contributed by atoms with Gasteiger partial charge in [0, 0.05) is 30.7 Å². The van der Waals surface area contributed by atoms with Crippen molar-refractivity contribution in [2.45, 2.75) is 56.7 Å². The summed E-state index contributed by atoms with van der Waals surface area (Å²) >= 11 is 0. The Hall–Kier alpha value is -0.730. The molecule has 3 rings (SSSR count). The number of nitrogens with two attached hydrogens (primary N) is 1. The molecule has 0 aromatic heterocycles. The van der Waals surface area contributed by atoms with Gasteiger partial charge in [0.2, 0.25) is 0 Å². The summed E-state index contributed by atoms with van der Waals surface area (Å²) < 4.78 is 43.2. The number of aliphatic hydroxyl groups is 1. The minimum atomic E-state index is -2.89. The smallest absolute Gasteiger partial charge is 0.387 e. The van der Waals surface area contributed by atoms with Gasteiger partial charge in [-0.1, -0.05) is 12.1 Å². The molecule has 3 atom stereocenters. The lowest BCUT2D eigenvalue weighted by Gasteiger charge is -2.41. The van der Waals surface area contributed by atoms with Gasteiger partial charge in [0.25, 0.3) is 0 Å². The van der Waals surface area contributed by atoms with Gasteiger partial charge in [-0.2, -0.15) is 8.78 Å². The third-order valence-corrected chi connectivity index (χ3v) is 5.09. The maximum Gasteiger partial charge on any atom is 0.387 e. The first kappa shape index (κ1) is 23.3. The Labute approximate surface area is 163 Å². The third-order valence-electron chi connectivity index (χ3n) is 5.09. The molecule has 0 radical (unpaired) electrons. The molecule has 3 N–H and O–H groups in total. The number of ether oxygens (including phenoxy) is 1. The maximum atomic E-state index is 13.4. The highest BCUT2D eigenvalue weighted by atomic mass is 35.5. The van der Waals surface area contributed by atoms with Crippen molar-refractivity contribution in [3.8, 4) is 5.75 Å². The average molecular weight is 417 g/mol. The Morgan fingerprint density at radius 1 is 1.23 bits per heavy atom. The normalized spacial score (nSPS) is 29.5. The van der Waals surface area contributed by atoms with Crippen LogP contribution >= 0.6 is 24.8 Å². The number of rotatable bonds is 5. The van der Waals surface area contributed by atoms with Crippen molar-refractivity contribution in [2.75, 3.05) is 13.1 Å². The number of likely N-dealkylation sites (tertiary alicyclic amines) is 1. The molecule has 4 nitrogen and oxygen atoms in total. The molecule has 1 saturated heterocycles. The van der Waals surface area contributed by atoms with E-state index in [0.717, 1.165) is 18.4 Å². The SMILES string of the molecule is C[C@H](N)c1ccc(C2CC(N3C[C@@H](O)[C@@H](F)C3)C2)cc1OC(F)F.Cl.Cl. The first-order valence-electron chi connectivity index (χ1n) is 8.25. The minimum absolute atomic E-state index is 0. The first-order valence-corrected chi connectivity index (χ1v) is 8.25. The van der Waals surface area contributed by atoms with Crippen molar-refractivity contribution < 1.29 is 23.0 Å². The Bertz CT molecular complexity index is 579. The second kappa shape index (κ2) is 9.46. The summed E-state index contributed by atoms with van der Waals surface area (Å²) in [5, 5.41) is 9.51. The van der Waals surface area contributed by atoms with E-state index in [9.17, 15) is 18.3 Å². The predicted octanol–water partition coefficient (Wildman–Crippen LogP) is 3.41. The number of hydrogen-bond acceptors (Lipinski definition) is 4. The molecule has 1 aliphatic carbocycles. The van der Waals surface area contributed by atoms with E-state index in [1.165, 1.54) is 0 Å². The van der Waals surface area contributed by atoms with Crippen molar-refractivity contribution in [1.29, 1.82) is 0 Å². The Kier molecular flexibility index (Phi) is 8.48. The van der Waals surface area contributed by atoms with Crippen LogP contribution < -0.4 is 10.5 Å². The maximum absolute atomic E-state index is 13.4. The van der Waals surface area contributed by atoms with Gasteiger partial charge in [0.15, 0.2) is 0 Å². The molecule has 1 aromatic carbocycles. The summed E-state index contributed by atoms with van der Waals surface area (Å²) in [6.07, 6.45) is -0.434. The van der Waals surface area contributed by atoms with Crippen LogP contribution in [0.1, 0.15) is 42.9 Å². The first-order chi connectivity index (χ1) is 11.3. The number of halogens is 5. The van der Waals surface area contributed by atoms with E-state index >= 15 is 0 Å². The van der Waals surface area contributed by atoms with Gasteiger partial charge >= 0.3 is 6.61 Å². The van der Waals surface area contributed by atoms with Crippen LogP contribution in [0, 0.1) is 0 Å². The second-order valence-corrected chi connectivity index (χ2v) is 6.82. The van der Waals surface area contributed by atoms with Crippen LogP contribution in [0.15, 0.2) is 18.2 Å². The number of nitrogens with zero attached hydrogens (tertiary/aromatic N) is 1. The molecular weight excluding hydrogens is 392 g/mol. The minimum Gasteiger partial charge on any atom is -0.434 e. The molecule has 2 aliphatic rings. The third kappa shape index (κ3) is 4.95. The van der Waals surface area contributed by atoms with E-state index < -0.39 is 24.9 Å². The lowest BCUT2D eigenvalue weighted by atomic mass is 9.75. The highest BCUT2D eigenvalue weighted by Gasteiger charge is 2.41. The largest absolute Gasteiger partial charge is 0.434 e. The van der Waals surface area contributed by atoms with E-state index in [4.69, 9.17) is 5.73 Å². The summed E-state index contributed by atoms with van der Waals surface area (Å²) in [6, 6.07) is 5.12. The fraction of sp³-hybridized carbons (Fsp3) is 0.647. The highest BCUT2D eigenvalue weighted by Crippen LogP contribution is 2.43. The molecule has 1 aliphatic heterocycles. The summed E-state index contributed by atoms with van der Waals surface area (Å²) in [5.74, 6) is 0.356. The predicted molar refractivity (Wildman–Crippen MR) is 98.4 cm³/mol. The molecule has 0 amide bonds. The van der Waals surface area contributed by atoms with Crippen LogP contribution in [0.4, 0.5) is 13.2 Å². The molecule has 0 spiro atoms. The topological polar surface area (TPSA) is 58.7 Å². The molecule has 1 heterocycles. The number of benzene rings is 1. The zero-order valence-corrected chi connectivity index (χ0v) is 16.0. The molecule has 9 heteroatoms. The van der Waals surface area contributed by atoms with Gasteiger partial charge in [-0.15, -0.1) is 24.8 Å². The van der Waals surface area contributed by atoms with Crippen molar-refractivity contribution in [3.05, 3.63) is 29.3 Å². The van der Waals surface area contributed by atoms with Crippen molar-refractivity contribution in [2.24, 2.45) is 5.73 Å². The second-order valence-electron chi connectivity index (χ2n) is 6.82. The molecule has 26 heavy (non-hydrogen) atoms. The fourth-order valence-corrected chi connectivity index (χ4v) is 3.61.